The maximum Gasteiger partial charge on any atom is 0.227 e. The second-order valence-corrected chi connectivity index (χ2v) is 6.03. The highest BCUT2D eigenvalue weighted by molar-refractivity contribution is 5.80. The molecule has 0 radical (unpaired) electrons. The second-order valence-electron chi connectivity index (χ2n) is 6.03. The Bertz CT molecular complexity index is 311. The molecule has 0 aromatic carbocycles. The molecule has 0 aromatic rings. The average Bonchev–Trinajstić information content (AvgIpc) is 2.82. The molecule has 1 aliphatic heterocycles. The van der Waals surface area contributed by atoms with Crippen molar-refractivity contribution in [2.24, 2.45) is 5.92 Å². The van der Waals surface area contributed by atoms with Crippen molar-refractivity contribution >= 4 is 5.91 Å². The van der Waals surface area contributed by atoms with Gasteiger partial charge >= 0.3 is 0 Å². The summed E-state index contributed by atoms with van der Waals surface area (Å²) in [5.41, 5.74) is 0. The van der Waals surface area contributed by atoms with Crippen molar-refractivity contribution in [1.82, 2.24) is 10.6 Å². The van der Waals surface area contributed by atoms with Crippen molar-refractivity contribution in [2.45, 2.75) is 63.6 Å². The van der Waals surface area contributed by atoms with Crippen LogP contribution in [0, 0.1) is 5.92 Å². The zero-order valence-corrected chi connectivity index (χ0v) is 12.4. The maximum atomic E-state index is 12.4. The first-order chi connectivity index (χ1) is 9.72. The highest BCUT2D eigenvalue weighted by atomic mass is 16.5. The van der Waals surface area contributed by atoms with Crippen molar-refractivity contribution in [2.75, 3.05) is 19.8 Å². The van der Waals surface area contributed by atoms with Gasteiger partial charge in [0.15, 0.2) is 0 Å². The molecule has 5 nitrogen and oxygen atoms in total. The van der Waals surface area contributed by atoms with E-state index in [1.807, 2.05) is 0 Å². The molecule has 20 heavy (non-hydrogen) atoms. The van der Waals surface area contributed by atoms with Gasteiger partial charge in [-0.2, -0.15) is 0 Å². The zero-order chi connectivity index (χ0) is 14.4. The minimum absolute atomic E-state index is 0.0297. The number of hydrogen-bond acceptors (Lipinski definition) is 4. The Hall–Kier alpha value is -0.650. The van der Waals surface area contributed by atoms with E-state index in [4.69, 9.17) is 4.74 Å². The molecule has 2 rings (SSSR count). The number of aliphatic hydroxyl groups is 1. The molecule has 2 fully saturated rings. The first-order valence-electron chi connectivity index (χ1n) is 8.02. The van der Waals surface area contributed by atoms with Crippen LogP contribution in [0.15, 0.2) is 0 Å². The fraction of sp³-hybridized carbons (Fsp3) is 0.933. The first-order valence-corrected chi connectivity index (χ1v) is 8.02. The number of carbonyl (C=O) groups excluding carboxylic acids is 1. The van der Waals surface area contributed by atoms with Gasteiger partial charge in [0, 0.05) is 6.04 Å². The van der Waals surface area contributed by atoms with E-state index in [1.54, 1.807) is 0 Å². The fourth-order valence-electron chi connectivity index (χ4n) is 3.09. The average molecular weight is 284 g/mol. The highest BCUT2D eigenvalue weighted by Crippen LogP contribution is 2.20. The first kappa shape index (κ1) is 15.7. The number of amides is 1. The predicted octanol–water partition coefficient (Wildman–Crippen LogP) is 0.811. The lowest BCUT2D eigenvalue weighted by Crippen LogP contribution is -2.50. The lowest BCUT2D eigenvalue weighted by Gasteiger charge is -2.25. The van der Waals surface area contributed by atoms with Gasteiger partial charge in [-0.05, 0) is 25.8 Å². The number of ether oxygens (including phenoxy) is 1. The van der Waals surface area contributed by atoms with Crippen LogP contribution in [0.25, 0.3) is 0 Å². The van der Waals surface area contributed by atoms with Gasteiger partial charge in [-0.3, -0.25) is 4.79 Å². The van der Waals surface area contributed by atoms with Gasteiger partial charge in [0.05, 0.1) is 31.3 Å². The topological polar surface area (TPSA) is 70.6 Å². The molecule has 4 unspecified atom stereocenters. The van der Waals surface area contributed by atoms with E-state index < -0.39 is 6.10 Å². The van der Waals surface area contributed by atoms with Crippen molar-refractivity contribution < 1.29 is 14.6 Å². The standard InChI is InChI=1S/C15H28N2O3/c1-2-8-16-13-10-20-9-11(13)15(19)17-12-6-4-3-5-7-14(12)18/h11-14,16,18H,2-10H2,1H3,(H,17,19). The summed E-state index contributed by atoms with van der Waals surface area (Å²) < 4.78 is 5.44. The van der Waals surface area contributed by atoms with Crippen LogP contribution in [0.3, 0.4) is 0 Å². The molecule has 2 aliphatic rings. The molecule has 1 heterocycles. The van der Waals surface area contributed by atoms with Crippen LogP contribution in [0.2, 0.25) is 0 Å². The SMILES string of the molecule is CCCNC1COCC1C(=O)NC1CCCCCC1O. The Morgan fingerprint density at radius 1 is 1.20 bits per heavy atom. The smallest absolute Gasteiger partial charge is 0.227 e. The van der Waals surface area contributed by atoms with Crippen molar-refractivity contribution in [3.8, 4) is 0 Å². The minimum Gasteiger partial charge on any atom is -0.391 e. The van der Waals surface area contributed by atoms with Gasteiger partial charge in [0.1, 0.15) is 0 Å². The van der Waals surface area contributed by atoms with Gasteiger partial charge in [0.2, 0.25) is 5.91 Å². The van der Waals surface area contributed by atoms with Gasteiger partial charge in [-0.25, -0.2) is 0 Å². The summed E-state index contributed by atoms with van der Waals surface area (Å²) in [6, 6.07) is 0.0234. The normalized spacial score (nSPS) is 34.7. The third-order valence-electron chi connectivity index (χ3n) is 4.38. The highest BCUT2D eigenvalue weighted by Gasteiger charge is 2.35. The van der Waals surface area contributed by atoms with Gasteiger partial charge in [-0.1, -0.05) is 26.2 Å². The van der Waals surface area contributed by atoms with Crippen LogP contribution in [-0.4, -0.2) is 49.0 Å². The Labute approximate surface area is 121 Å². The number of aliphatic hydroxyl groups excluding tert-OH is 1. The lowest BCUT2D eigenvalue weighted by molar-refractivity contribution is -0.127. The van der Waals surface area contributed by atoms with Crippen LogP contribution in [0.4, 0.5) is 0 Å². The molecule has 0 bridgehead atoms. The minimum atomic E-state index is -0.397. The molecule has 4 atom stereocenters. The summed E-state index contributed by atoms with van der Waals surface area (Å²) in [4.78, 5) is 12.4. The molecule has 5 heteroatoms. The van der Waals surface area contributed by atoms with E-state index >= 15 is 0 Å². The predicted molar refractivity (Wildman–Crippen MR) is 77.4 cm³/mol. The quantitative estimate of drug-likeness (QED) is 0.654. The van der Waals surface area contributed by atoms with E-state index in [1.165, 1.54) is 0 Å². The molecule has 0 aromatic heterocycles. The van der Waals surface area contributed by atoms with Gasteiger partial charge < -0.3 is 20.5 Å². The number of rotatable bonds is 5. The monoisotopic (exact) mass is 284 g/mol. The number of hydrogen-bond donors (Lipinski definition) is 3. The van der Waals surface area contributed by atoms with E-state index in [9.17, 15) is 9.90 Å². The maximum absolute atomic E-state index is 12.4. The number of nitrogens with one attached hydrogen (secondary N) is 2. The zero-order valence-electron chi connectivity index (χ0n) is 12.4. The summed E-state index contributed by atoms with van der Waals surface area (Å²) in [6.45, 7) is 4.10. The molecule has 1 saturated heterocycles. The Morgan fingerprint density at radius 2 is 2.00 bits per heavy atom. The Kier molecular flexibility index (Phi) is 6.26. The van der Waals surface area contributed by atoms with E-state index in [0.29, 0.717) is 13.2 Å². The van der Waals surface area contributed by atoms with Gasteiger partial charge in [0.25, 0.3) is 0 Å². The Balaban J connectivity index is 1.86. The van der Waals surface area contributed by atoms with Crippen molar-refractivity contribution in [3.05, 3.63) is 0 Å². The summed E-state index contributed by atoms with van der Waals surface area (Å²) in [5.74, 6) is -0.0981. The lowest BCUT2D eigenvalue weighted by atomic mass is 10.00. The molecular weight excluding hydrogens is 256 g/mol. The van der Waals surface area contributed by atoms with E-state index in [0.717, 1.165) is 45.1 Å². The molecule has 1 amide bonds. The number of carbonyl (C=O) groups is 1. The largest absolute Gasteiger partial charge is 0.391 e. The van der Waals surface area contributed by atoms with Crippen LogP contribution >= 0.6 is 0 Å². The van der Waals surface area contributed by atoms with E-state index in [-0.39, 0.29) is 23.9 Å². The fourth-order valence-corrected chi connectivity index (χ4v) is 3.09. The molecule has 3 N–H and O–H groups in total. The van der Waals surface area contributed by atoms with Crippen LogP contribution < -0.4 is 10.6 Å². The second kappa shape index (κ2) is 7.96. The summed E-state index contributed by atoms with van der Waals surface area (Å²) in [6.07, 6.45) is 5.62. The van der Waals surface area contributed by atoms with Crippen LogP contribution in [-0.2, 0) is 9.53 Å². The Morgan fingerprint density at radius 3 is 2.80 bits per heavy atom. The molecule has 0 spiro atoms. The van der Waals surface area contributed by atoms with Gasteiger partial charge in [-0.15, -0.1) is 0 Å². The van der Waals surface area contributed by atoms with Crippen molar-refractivity contribution in [3.63, 3.8) is 0 Å². The molecule has 1 saturated carbocycles. The third kappa shape index (κ3) is 4.17. The summed E-state index contributed by atoms with van der Waals surface area (Å²) >= 11 is 0. The van der Waals surface area contributed by atoms with Crippen LogP contribution in [0.1, 0.15) is 45.4 Å². The van der Waals surface area contributed by atoms with E-state index in [2.05, 4.69) is 17.6 Å². The molecular formula is C15H28N2O3. The summed E-state index contributed by atoms with van der Waals surface area (Å²) in [5, 5.41) is 16.5. The van der Waals surface area contributed by atoms with Crippen molar-refractivity contribution in [1.29, 1.82) is 0 Å². The third-order valence-corrected chi connectivity index (χ3v) is 4.38. The summed E-state index contributed by atoms with van der Waals surface area (Å²) in [7, 11) is 0. The van der Waals surface area contributed by atoms with Crippen LogP contribution in [0.5, 0.6) is 0 Å². The molecule has 116 valence electrons. The molecule has 1 aliphatic carbocycles.